The van der Waals surface area contributed by atoms with Crippen molar-refractivity contribution in [1.29, 1.82) is 0 Å². The van der Waals surface area contributed by atoms with E-state index in [2.05, 4.69) is 0 Å². The van der Waals surface area contributed by atoms with E-state index in [1.165, 1.54) is 0 Å². The summed E-state index contributed by atoms with van der Waals surface area (Å²) in [5, 5.41) is 0. The van der Waals surface area contributed by atoms with Crippen LogP contribution in [0.5, 0.6) is 0 Å². The molecule has 0 radical (unpaired) electrons. The lowest BCUT2D eigenvalue weighted by molar-refractivity contribution is 0.402. The zero-order chi connectivity index (χ0) is 9.84. The Bertz CT molecular complexity index is 333. The highest BCUT2D eigenvalue weighted by Gasteiger charge is 1.96. The van der Waals surface area contributed by atoms with Gasteiger partial charge in [0.15, 0.2) is 10.7 Å². The second kappa shape index (κ2) is 4.39. The summed E-state index contributed by atoms with van der Waals surface area (Å²) in [5.74, 6) is 0. The normalized spacial score (nSPS) is 11.1. The third-order valence-electron chi connectivity index (χ3n) is 1.65. The molecular formula is C9H13NO2S. The minimum absolute atomic E-state index is 0.373. The molecule has 0 bridgehead atoms. The van der Waals surface area contributed by atoms with Crippen LogP contribution < -0.4 is 0 Å². The van der Waals surface area contributed by atoms with Crippen LogP contribution in [-0.4, -0.2) is 27.4 Å². The molecule has 3 nitrogen and oxygen atoms in total. The zero-order valence-corrected chi connectivity index (χ0v) is 8.62. The Hall–Kier alpha value is -0.870. The Morgan fingerprint density at radius 2 is 1.69 bits per heavy atom. The van der Waals surface area contributed by atoms with Crippen molar-refractivity contribution in [2.24, 2.45) is 0 Å². The van der Waals surface area contributed by atoms with Gasteiger partial charge in [-0.05, 0) is 31.8 Å². The number of hydrogen-bond acceptors (Lipinski definition) is 3. The standard InChI is InChI=1S/C9H13NO2S/c1-10(2)7-8-3-5-9(6-4-8)13(11)12/h3-6,13H,7H2,1-2H3. The van der Waals surface area contributed by atoms with E-state index in [1.807, 2.05) is 31.1 Å². The van der Waals surface area contributed by atoms with E-state index in [0.29, 0.717) is 4.90 Å². The molecule has 0 aliphatic rings. The predicted octanol–water partition coefficient (Wildman–Crippen LogP) is 0.719. The number of benzene rings is 1. The van der Waals surface area contributed by atoms with E-state index in [4.69, 9.17) is 0 Å². The van der Waals surface area contributed by atoms with Gasteiger partial charge in [-0.2, -0.15) is 0 Å². The Morgan fingerprint density at radius 1 is 1.15 bits per heavy atom. The van der Waals surface area contributed by atoms with Gasteiger partial charge in [-0.3, -0.25) is 0 Å². The van der Waals surface area contributed by atoms with Crippen molar-refractivity contribution in [3.05, 3.63) is 29.8 Å². The summed E-state index contributed by atoms with van der Waals surface area (Å²) in [6, 6.07) is 6.93. The molecule has 1 aromatic carbocycles. The van der Waals surface area contributed by atoms with Gasteiger partial charge >= 0.3 is 0 Å². The fourth-order valence-corrected chi connectivity index (χ4v) is 1.48. The fourth-order valence-electron chi connectivity index (χ4n) is 1.09. The van der Waals surface area contributed by atoms with Crippen LogP contribution >= 0.6 is 0 Å². The Morgan fingerprint density at radius 3 is 2.08 bits per heavy atom. The maximum atomic E-state index is 10.6. The lowest BCUT2D eigenvalue weighted by Gasteiger charge is -2.08. The number of hydrogen-bond donors (Lipinski definition) is 1. The van der Waals surface area contributed by atoms with Gasteiger partial charge in [0, 0.05) is 6.54 Å². The summed E-state index contributed by atoms with van der Waals surface area (Å²) in [4.78, 5) is 2.41. The Balaban J connectivity index is 2.81. The lowest BCUT2D eigenvalue weighted by atomic mass is 10.2. The predicted molar refractivity (Wildman–Crippen MR) is 52.4 cm³/mol. The molecule has 1 aromatic rings. The Kier molecular flexibility index (Phi) is 3.45. The van der Waals surface area contributed by atoms with Crippen LogP contribution in [0.4, 0.5) is 0 Å². The third kappa shape index (κ3) is 3.16. The van der Waals surface area contributed by atoms with Crippen molar-refractivity contribution < 1.29 is 8.42 Å². The quantitative estimate of drug-likeness (QED) is 0.729. The van der Waals surface area contributed by atoms with Gasteiger partial charge in [0.1, 0.15) is 0 Å². The SMILES string of the molecule is CN(C)Cc1ccc([SH](=O)=O)cc1. The van der Waals surface area contributed by atoms with E-state index in [1.54, 1.807) is 12.1 Å². The molecule has 0 aliphatic heterocycles. The molecule has 1 rings (SSSR count). The minimum Gasteiger partial charge on any atom is -0.305 e. The molecule has 0 spiro atoms. The zero-order valence-electron chi connectivity index (χ0n) is 7.73. The summed E-state index contributed by atoms with van der Waals surface area (Å²) in [7, 11) is 1.51. The van der Waals surface area contributed by atoms with E-state index in [9.17, 15) is 8.42 Å². The molecule has 0 N–H and O–H groups in total. The van der Waals surface area contributed by atoms with Crippen LogP contribution in [0.25, 0.3) is 0 Å². The van der Waals surface area contributed by atoms with E-state index in [-0.39, 0.29) is 0 Å². The van der Waals surface area contributed by atoms with Gasteiger partial charge in [0.05, 0.1) is 4.90 Å². The van der Waals surface area contributed by atoms with Crippen LogP contribution in [0.2, 0.25) is 0 Å². The maximum absolute atomic E-state index is 10.6. The topological polar surface area (TPSA) is 37.4 Å². The molecule has 0 amide bonds. The van der Waals surface area contributed by atoms with Gasteiger partial charge in [-0.15, -0.1) is 0 Å². The molecule has 0 saturated carbocycles. The van der Waals surface area contributed by atoms with Crippen molar-refractivity contribution in [2.45, 2.75) is 11.4 Å². The summed E-state index contributed by atoms with van der Waals surface area (Å²) in [5.41, 5.74) is 1.12. The molecular weight excluding hydrogens is 186 g/mol. The summed E-state index contributed by atoms with van der Waals surface area (Å²) >= 11 is 0. The van der Waals surface area contributed by atoms with Crippen LogP contribution in [-0.2, 0) is 17.2 Å². The van der Waals surface area contributed by atoms with Crippen molar-refractivity contribution in [3.8, 4) is 0 Å². The molecule has 0 heterocycles. The summed E-state index contributed by atoms with van der Waals surface area (Å²) in [6.07, 6.45) is 0. The van der Waals surface area contributed by atoms with Crippen LogP contribution in [0.3, 0.4) is 0 Å². The monoisotopic (exact) mass is 199 g/mol. The highest BCUT2D eigenvalue weighted by Crippen LogP contribution is 2.06. The van der Waals surface area contributed by atoms with Gasteiger partial charge in [0.2, 0.25) is 0 Å². The average molecular weight is 199 g/mol. The van der Waals surface area contributed by atoms with E-state index < -0.39 is 10.7 Å². The molecule has 72 valence electrons. The van der Waals surface area contributed by atoms with Gasteiger partial charge < -0.3 is 4.90 Å². The second-order valence-electron chi connectivity index (χ2n) is 3.16. The van der Waals surface area contributed by atoms with Crippen LogP contribution in [0.1, 0.15) is 5.56 Å². The summed E-state index contributed by atoms with van der Waals surface area (Å²) < 4.78 is 21.1. The van der Waals surface area contributed by atoms with Gasteiger partial charge in [0.25, 0.3) is 0 Å². The largest absolute Gasteiger partial charge is 0.305 e. The first-order valence-corrected chi connectivity index (χ1v) is 5.15. The molecule has 0 saturated heterocycles. The molecule has 0 aromatic heterocycles. The molecule has 0 unspecified atom stereocenters. The first kappa shape index (κ1) is 10.2. The lowest BCUT2D eigenvalue weighted by Crippen LogP contribution is -2.10. The van der Waals surface area contributed by atoms with Crippen molar-refractivity contribution in [3.63, 3.8) is 0 Å². The van der Waals surface area contributed by atoms with E-state index in [0.717, 1.165) is 12.1 Å². The Labute approximate surface area is 79.9 Å². The smallest absolute Gasteiger partial charge is 0.168 e. The van der Waals surface area contributed by atoms with Crippen molar-refractivity contribution in [2.75, 3.05) is 14.1 Å². The molecule has 13 heavy (non-hydrogen) atoms. The molecule has 0 aliphatic carbocycles. The van der Waals surface area contributed by atoms with E-state index >= 15 is 0 Å². The highest BCUT2D eigenvalue weighted by molar-refractivity contribution is 7.72. The second-order valence-corrected chi connectivity index (χ2v) is 4.19. The number of rotatable bonds is 3. The first-order valence-electron chi connectivity index (χ1n) is 3.97. The third-order valence-corrected chi connectivity index (χ3v) is 2.37. The molecule has 0 fully saturated rings. The number of nitrogens with zero attached hydrogens (tertiary/aromatic N) is 1. The highest BCUT2D eigenvalue weighted by atomic mass is 32.2. The van der Waals surface area contributed by atoms with Crippen molar-refractivity contribution in [1.82, 2.24) is 4.90 Å². The molecule has 0 atom stereocenters. The van der Waals surface area contributed by atoms with Crippen molar-refractivity contribution >= 4 is 10.7 Å². The van der Waals surface area contributed by atoms with Crippen LogP contribution in [0, 0.1) is 0 Å². The molecule has 4 heteroatoms. The summed E-state index contributed by atoms with van der Waals surface area (Å²) in [6.45, 7) is 0.829. The van der Waals surface area contributed by atoms with Crippen LogP contribution in [0.15, 0.2) is 29.2 Å². The minimum atomic E-state index is -2.44. The maximum Gasteiger partial charge on any atom is 0.168 e. The van der Waals surface area contributed by atoms with Gasteiger partial charge in [-0.1, -0.05) is 12.1 Å². The number of thiol groups is 1. The van der Waals surface area contributed by atoms with Gasteiger partial charge in [-0.25, -0.2) is 8.42 Å². The first-order chi connectivity index (χ1) is 6.09. The fraction of sp³-hybridized carbons (Fsp3) is 0.333. The average Bonchev–Trinajstić information content (AvgIpc) is 2.04.